The number of furan rings is 1. The molecule has 1 saturated carbocycles. The minimum absolute atomic E-state index is 0.0929. The number of aromatic nitrogens is 3. The van der Waals surface area contributed by atoms with E-state index in [1.165, 1.54) is 0 Å². The first kappa shape index (κ1) is 21.6. The first-order valence-electron chi connectivity index (χ1n) is 12.1. The van der Waals surface area contributed by atoms with E-state index in [0.29, 0.717) is 30.4 Å². The van der Waals surface area contributed by atoms with Gasteiger partial charge in [-0.15, -0.1) is 0 Å². The molecule has 1 unspecified atom stereocenters. The third-order valence-electron chi connectivity index (χ3n) is 7.57. The number of likely N-dealkylation sites (tertiary alicyclic amines) is 1. The van der Waals surface area contributed by atoms with E-state index in [4.69, 9.17) is 4.42 Å². The van der Waals surface area contributed by atoms with Crippen LogP contribution in [0.3, 0.4) is 0 Å². The lowest BCUT2D eigenvalue weighted by Crippen LogP contribution is -2.40. The number of pyridine rings is 1. The number of carbonyl (C=O) groups excluding carboxylic acids is 2. The SMILES string of the molecule is O=C(NCC1CC12CCN(C(=O)c1ccc(Cn3cccn3)cc1)CC2)c1cc2ccncc2o1. The molecule has 0 bridgehead atoms. The highest BCUT2D eigenvalue weighted by atomic mass is 16.3. The average molecular weight is 470 g/mol. The van der Waals surface area contributed by atoms with Gasteiger partial charge in [0.2, 0.25) is 0 Å². The molecule has 8 nitrogen and oxygen atoms in total. The zero-order valence-corrected chi connectivity index (χ0v) is 19.4. The molecule has 0 radical (unpaired) electrons. The summed E-state index contributed by atoms with van der Waals surface area (Å²) in [7, 11) is 0. The van der Waals surface area contributed by atoms with E-state index in [1.54, 1.807) is 24.7 Å². The van der Waals surface area contributed by atoms with Gasteiger partial charge in [-0.05, 0) is 66.5 Å². The lowest BCUT2D eigenvalue weighted by atomic mass is 9.90. The number of carbonyl (C=O) groups is 2. The molecule has 4 aromatic rings. The van der Waals surface area contributed by atoms with Crippen LogP contribution < -0.4 is 5.32 Å². The molecule has 6 rings (SSSR count). The fourth-order valence-corrected chi connectivity index (χ4v) is 5.30. The molecule has 1 saturated heterocycles. The summed E-state index contributed by atoms with van der Waals surface area (Å²) in [5.41, 5.74) is 2.70. The topological polar surface area (TPSA) is 93.3 Å². The van der Waals surface area contributed by atoms with Gasteiger partial charge in [-0.3, -0.25) is 19.3 Å². The van der Waals surface area contributed by atoms with Gasteiger partial charge in [-0.2, -0.15) is 5.10 Å². The van der Waals surface area contributed by atoms with Crippen LogP contribution in [-0.2, 0) is 6.54 Å². The number of benzene rings is 1. The number of hydrogen-bond donors (Lipinski definition) is 1. The molecule has 2 amide bonds. The van der Waals surface area contributed by atoms with Crippen LogP contribution in [0.5, 0.6) is 0 Å². The van der Waals surface area contributed by atoms with Gasteiger partial charge in [0.1, 0.15) is 0 Å². The molecule has 2 aliphatic rings. The molecular weight excluding hydrogens is 442 g/mol. The van der Waals surface area contributed by atoms with Crippen LogP contribution >= 0.6 is 0 Å². The monoisotopic (exact) mass is 469 g/mol. The Morgan fingerprint density at radius 3 is 2.69 bits per heavy atom. The summed E-state index contributed by atoms with van der Waals surface area (Å²) >= 11 is 0. The van der Waals surface area contributed by atoms with E-state index >= 15 is 0 Å². The van der Waals surface area contributed by atoms with E-state index in [2.05, 4.69) is 15.4 Å². The first-order chi connectivity index (χ1) is 17.1. The van der Waals surface area contributed by atoms with E-state index in [9.17, 15) is 9.59 Å². The van der Waals surface area contributed by atoms with Crippen LogP contribution in [0.1, 0.15) is 45.7 Å². The maximum Gasteiger partial charge on any atom is 0.287 e. The number of piperidine rings is 1. The van der Waals surface area contributed by atoms with Crippen molar-refractivity contribution in [2.75, 3.05) is 19.6 Å². The van der Waals surface area contributed by atoms with Gasteiger partial charge in [-0.1, -0.05) is 12.1 Å². The van der Waals surface area contributed by atoms with Crippen molar-refractivity contribution in [1.29, 1.82) is 0 Å². The number of nitrogens with zero attached hydrogens (tertiary/aromatic N) is 4. The molecule has 1 aliphatic carbocycles. The van der Waals surface area contributed by atoms with E-state index < -0.39 is 0 Å². The van der Waals surface area contributed by atoms with Gasteiger partial charge >= 0.3 is 0 Å². The molecule has 178 valence electrons. The molecule has 1 spiro atoms. The Hall–Kier alpha value is -3.94. The summed E-state index contributed by atoms with van der Waals surface area (Å²) in [5, 5.41) is 8.13. The van der Waals surface area contributed by atoms with Crippen LogP contribution in [0.2, 0.25) is 0 Å². The van der Waals surface area contributed by atoms with Crippen molar-refractivity contribution in [2.24, 2.45) is 11.3 Å². The minimum atomic E-state index is -0.188. The van der Waals surface area contributed by atoms with Crippen LogP contribution in [-0.4, -0.2) is 51.1 Å². The highest BCUT2D eigenvalue weighted by molar-refractivity contribution is 5.96. The Labute approximate surface area is 202 Å². The Bertz CT molecular complexity index is 1320. The second-order valence-corrected chi connectivity index (χ2v) is 9.69. The van der Waals surface area contributed by atoms with Crippen LogP contribution in [0.25, 0.3) is 11.0 Å². The third kappa shape index (κ3) is 4.32. The molecule has 1 atom stereocenters. The minimum Gasteiger partial charge on any atom is -0.449 e. The molecule has 3 aromatic heterocycles. The van der Waals surface area contributed by atoms with Gasteiger partial charge in [0.15, 0.2) is 11.3 Å². The van der Waals surface area contributed by atoms with Gasteiger partial charge in [-0.25, -0.2) is 0 Å². The average Bonchev–Trinajstić information content (AvgIpc) is 3.24. The first-order valence-corrected chi connectivity index (χ1v) is 12.1. The summed E-state index contributed by atoms with van der Waals surface area (Å²) in [4.78, 5) is 31.6. The number of hydrogen-bond acceptors (Lipinski definition) is 5. The summed E-state index contributed by atoms with van der Waals surface area (Å²) < 4.78 is 7.48. The number of fused-ring (bicyclic) bond motifs is 1. The fraction of sp³-hybridized carbons (Fsp3) is 0.333. The van der Waals surface area contributed by atoms with Crippen molar-refractivity contribution in [1.82, 2.24) is 25.0 Å². The number of amides is 2. The molecule has 1 aliphatic heterocycles. The Morgan fingerprint density at radius 1 is 1.11 bits per heavy atom. The zero-order valence-electron chi connectivity index (χ0n) is 19.4. The second-order valence-electron chi connectivity index (χ2n) is 9.69. The van der Waals surface area contributed by atoms with E-state index in [-0.39, 0.29) is 17.2 Å². The van der Waals surface area contributed by atoms with Crippen molar-refractivity contribution in [3.8, 4) is 0 Å². The second kappa shape index (κ2) is 8.69. The standard InChI is InChI=1S/C27H27N5O3/c33-25(23-14-21-6-10-28-17-24(21)35-23)29-16-22-15-27(22)7-12-31(13-8-27)26(34)20-4-2-19(3-5-20)18-32-11-1-9-30-32/h1-6,9-11,14,17,22H,7-8,12-13,15-16,18H2,(H,29,33). The quantitative estimate of drug-likeness (QED) is 0.464. The summed E-state index contributed by atoms with van der Waals surface area (Å²) in [6.07, 6.45) is 10.0. The molecule has 2 fully saturated rings. The van der Waals surface area contributed by atoms with Crippen LogP contribution in [0.4, 0.5) is 0 Å². The van der Waals surface area contributed by atoms with Crippen molar-refractivity contribution < 1.29 is 14.0 Å². The maximum absolute atomic E-state index is 13.0. The number of rotatable bonds is 6. The molecular formula is C27H27N5O3. The number of nitrogens with one attached hydrogen (secondary N) is 1. The van der Waals surface area contributed by atoms with Gasteiger partial charge in [0.05, 0.1) is 12.7 Å². The predicted octanol–water partition coefficient (Wildman–Crippen LogP) is 3.74. The van der Waals surface area contributed by atoms with Crippen LogP contribution in [0.15, 0.2) is 71.7 Å². The van der Waals surface area contributed by atoms with E-state index in [1.807, 2.05) is 52.2 Å². The molecule has 1 aromatic carbocycles. The zero-order chi connectivity index (χ0) is 23.8. The Balaban J connectivity index is 0.991. The Kier molecular flexibility index (Phi) is 5.36. The molecule has 8 heteroatoms. The van der Waals surface area contributed by atoms with E-state index in [0.717, 1.165) is 48.9 Å². The highest BCUT2D eigenvalue weighted by Crippen LogP contribution is 2.59. The van der Waals surface area contributed by atoms with Crippen molar-refractivity contribution >= 4 is 22.8 Å². The van der Waals surface area contributed by atoms with Crippen molar-refractivity contribution in [3.63, 3.8) is 0 Å². The molecule has 1 N–H and O–H groups in total. The largest absolute Gasteiger partial charge is 0.449 e. The summed E-state index contributed by atoms with van der Waals surface area (Å²) in [5.74, 6) is 0.678. The van der Waals surface area contributed by atoms with Crippen molar-refractivity contribution in [3.05, 3.63) is 84.1 Å². The smallest absolute Gasteiger partial charge is 0.287 e. The third-order valence-corrected chi connectivity index (χ3v) is 7.57. The van der Waals surface area contributed by atoms with Crippen LogP contribution in [0, 0.1) is 11.3 Å². The Morgan fingerprint density at radius 2 is 1.94 bits per heavy atom. The molecule has 35 heavy (non-hydrogen) atoms. The van der Waals surface area contributed by atoms with Crippen molar-refractivity contribution in [2.45, 2.75) is 25.8 Å². The predicted molar refractivity (Wildman–Crippen MR) is 130 cm³/mol. The normalized spacial score (nSPS) is 18.6. The summed E-state index contributed by atoms with van der Waals surface area (Å²) in [6.45, 7) is 2.85. The van der Waals surface area contributed by atoms with Gasteiger partial charge in [0.25, 0.3) is 11.8 Å². The van der Waals surface area contributed by atoms with Gasteiger partial charge < -0.3 is 14.6 Å². The lowest BCUT2D eigenvalue weighted by molar-refractivity contribution is 0.0668. The maximum atomic E-state index is 13.0. The fourth-order valence-electron chi connectivity index (χ4n) is 5.30. The summed E-state index contributed by atoms with van der Waals surface area (Å²) in [6, 6.07) is 13.3. The lowest BCUT2D eigenvalue weighted by Gasteiger charge is -2.33. The van der Waals surface area contributed by atoms with Gasteiger partial charge in [0, 0.05) is 49.2 Å². The highest BCUT2D eigenvalue weighted by Gasteiger charge is 2.54. The molecule has 4 heterocycles.